The molecule has 0 fully saturated rings. The van der Waals surface area contributed by atoms with Gasteiger partial charge in [-0.15, -0.1) is 0 Å². The smallest absolute Gasteiger partial charge is 0.255 e. The van der Waals surface area contributed by atoms with Gasteiger partial charge in [0.15, 0.2) is 0 Å². The molecule has 1 aromatic heterocycles. The van der Waals surface area contributed by atoms with Crippen LogP contribution in [0, 0.1) is 12.3 Å². The monoisotopic (exact) mass is 278 g/mol. The summed E-state index contributed by atoms with van der Waals surface area (Å²) < 4.78 is 0. The molecule has 112 valence electrons. The summed E-state index contributed by atoms with van der Waals surface area (Å²) in [5, 5.41) is 8.16. The lowest BCUT2D eigenvalue weighted by molar-refractivity contribution is 0.0699. The first kappa shape index (κ1) is 16.6. The second-order valence-electron chi connectivity index (χ2n) is 5.89. The molecule has 0 bridgehead atoms. The topological polar surface area (TPSA) is 72.1 Å². The van der Waals surface area contributed by atoms with Gasteiger partial charge < -0.3 is 10.6 Å². The van der Waals surface area contributed by atoms with E-state index < -0.39 is 0 Å². The van der Waals surface area contributed by atoms with Gasteiger partial charge in [0.05, 0.1) is 17.0 Å². The van der Waals surface area contributed by atoms with E-state index in [4.69, 9.17) is 5.73 Å². The molecular formula is C15H26N4O. The lowest BCUT2D eigenvalue weighted by Crippen LogP contribution is -2.42. The quantitative estimate of drug-likeness (QED) is 0.861. The number of nitrogens with zero attached hydrogens (tertiary/aromatic N) is 3. The van der Waals surface area contributed by atoms with Crippen molar-refractivity contribution in [2.45, 2.75) is 41.0 Å². The second kappa shape index (κ2) is 6.79. The minimum absolute atomic E-state index is 0.0175. The maximum absolute atomic E-state index is 12.7. The average Bonchev–Trinajstić information content (AvgIpc) is 2.44. The Hall–Kier alpha value is -1.49. The van der Waals surface area contributed by atoms with Crippen molar-refractivity contribution in [3.63, 3.8) is 0 Å². The first-order chi connectivity index (χ1) is 9.34. The van der Waals surface area contributed by atoms with Gasteiger partial charge in [0.2, 0.25) is 0 Å². The van der Waals surface area contributed by atoms with Crippen LogP contribution in [-0.4, -0.2) is 40.6 Å². The summed E-state index contributed by atoms with van der Waals surface area (Å²) in [6.45, 7) is 11.8. The number of hydrogen-bond acceptors (Lipinski definition) is 4. The summed E-state index contributed by atoms with van der Waals surface area (Å²) in [6, 6.07) is 1.83. The normalized spacial score (nSPS) is 11.5. The highest BCUT2D eigenvalue weighted by atomic mass is 16.2. The number of amides is 1. The molecule has 0 atom stereocenters. The summed E-state index contributed by atoms with van der Waals surface area (Å²) in [5.41, 5.74) is 7.86. The van der Waals surface area contributed by atoms with Crippen molar-refractivity contribution >= 4 is 5.91 Å². The van der Waals surface area contributed by atoms with E-state index in [0.29, 0.717) is 31.6 Å². The molecule has 0 unspecified atom stereocenters. The number of nitrogens with two attached hydrogens (primary N) is 1. The first-order valence-corrected chi connectivity index (χ1v) is 7.17. The molecule has 0 spiro atoms. The van der Waals surface area contributed by atoms with Crippen LogP contribution in [0.25, 0.3) is 0 Å². The predicted octanol–water partition coefficient (Wildman–Crippen LogP) is 1.79. The van der Waals surface area contributed by atoms with Crippen LogP contribution >= 0.6 is 0 Å². The number of aryl methyl sites for hydroxylation is 2. The second-order valence-corrected chi connectivity index (χ2v) is 5.89. The fourth-order valence-corrected chi connectivity index (χ4v) is 2.04. The van der Waals surface area contributed by atoms with Gasteiger partial charge in [-0.05, 0) is 38.3 Å². The van der Waals surface area contributed by atoms with E-state index in [9.17, 15) is 4.79 Å². The van der Waals surface area contributed by atoms with E-state index >= 15 is 0 Å². The molecule has 1 rings (SSSR count). The van der Waals surface area contributed by atoms with Crippen LogP contribution in [0.2, 0.25) is 0 Å². The molecule has 0 aromatic carbocycles. The van der Waals surface area contributed by atoms with Gasteiger partial charge in [-0.3, -0.25) is 4.79 Å². The molecule has 1 aromatic rings. The summed E-state index contributed by atoms with van der Waals surface area (Å²) in [7, 11) is 0. The molecule has 0 radical (unpaired) electrons. The zero-order valence-electron chi connectivity index (χ0n) is 13.2. The van der Waals surface area contributed by atoms with Crippen molar-refractivity contribution in [3.05, 3.63) is 23.0 Å². The Kier molecular flexibility index (Phi) is 5.62. The molecule has 2 N–H and O–H groups in total. The Labute approximate surface area is 121 Å². The molecule has 0 aliphatic carbocycles. The third-order valence-corrected chi connectivity index (χ3v) is 3.40. The average molecular weight is 278 g/mol. The Morgan fingerprint density at radius 1 is 1.35 bits per heavy atom. The Bertz CT molecular complexity index is 471. The van der Waals surface area contributed by atoms with E-state index in [1.807, 2.05) is 31.7 Å². The fourth-order valence-electron chi connectivity index (χ4n) is 2.04. The fraction of sp³-hybridized carbons (Fsp3) is 0.667. The molecule has 5 nitrogen and oxygen atoms in total. The number of carbonyl (C=O) groups is 1. The van der Waals surface area contributed by atoms with E-state index in [2.05, 4.69) is 24.0 Å². The molecule has 1 heterocycles. The van der Waals surface area contributed by atoms with Crippen LogP contribution in [0.15, 0.2) is 6.07 Å². The first-order valence-electron chi connectivity index (χ1n) is 7.17. The van der Waals surface area contributed by atoms with Gasteiger partial charge in [0.25, 0.3) is 5.91 Å². The summed E-state index contributed by atoms with van der Waals surface area (Å²) in [6.07, 6.45) is 0.701. The number of aromatic nitrogens is 2. The largest absolute Gasteiger partial charge is 0.338 e. The Balaban J connectivity index is 3.05. The van der Waals surface area contributed by atoms with Crippen LogP contribution in [0.4, 0.5) is 0 Å². The van der Waals surface area contributed by atoms with Crippen molar-refractivity contribution in [3.8, 4) is 0 Å². The lowest BCUT2D eigenvalue weighted by atomic mass is 9.92. The van der Waals surface area contributed by atoms with Gasteiger partial charge in [-0.1, -0.05) is 20.8 Å². The number of carbonyl (C=O) groups excluding carboxylic acids is 1. The maximum atomic E-state index is 12.7. The minimum atomic E-state index is -0.0897. The predicted molar refractivity (Wildman–Crippen MR) is 80.6 cm³/mol. The minimum Gasteiger partial charge on any atom is -0.338 e. The molecule has 0 saturated carbocycles. The third kappa shape index (κ3) is 4.00. The van der Waals surface area contributed by atoms with E-state index in [1.54, 1.807) is 0 Å². The van der Waals surface area contributed by atoms with Crippen molar-refractivity contribution in [2.24, 2.45) is 11.1 Å². The molecule has 5 heteroatoms. The SMILES string of the molecule is CCc1nnc(C)cc1C(=O)N(CC)CC(C)(C)CN. The highest BCUT2D eigenvalue weighted by Crippen LogP contribution is 2.18. The van der Waals surface area contributed by atoms with Crippen LogP contribution in [0.5, 0.6) is 0 Å². The number of hydrogen-bond donors (Lipinski definition) is 1. The van der Waals surface area contributed by atoms with E-state index in [1.165, 1.54) is 0 Å². The zero-order valence-corrected chi connectivity index (χ0v) is 13.2. The molecular weight excluding hydrogens is 252 g/mol. The molecule has 0 aliphatic heterocycles. The van der Waals surface area contributed by atoms with Crippen molar-refractivity contribution in [1.82, 2.24) is 15.1 Å². The van der Waals surface area contributed by atoms with Crippen LogP contribution in [0.1, 0.15) is 49.4 Å². The van der Waals surface area contributed by atoms with Crippen molar-refractivity contribution in [2.75, 3.05) is 19.6 Å². The zero-order chi connectivity index (χ0) is 15.3. The maximum Gasteiger partial charge on any atom is 0.255 e. The Morgan fingerprint density at radius 3 is 2.50 bits per heavy atom. The summed E-state index contributed by atoms with van der Waals surface area (Å²) >= 11 is 0. The van der Waals surface area contributed by atoms with Gasteiger partial charge in [-0.25, -0.2) is 0 Å². The molecule has 0 aliphatic rings. The van der Waals surface area contributed by atoms with Gasteiger partial charge in [0.1, 0.15) is 0 Å². The van der Waals surface area contributed by atoms with Gasteiger partial charge >= 0.3 is 0 Å². The standard InChI is InChI=1S/C15H26N4O/c1-6-13-12(8-11(3)17-18-13)14(20)19(7-2)10-15(4,5)9-16/h8H,6-7,9-10,16H2,1-5H3. The van der Waals surface area contributed by atoms with Crippen molar-refractivity contribution < 1.29 is 4.79 Å². The number of rotatable bonds is 6. The molecule has 1 amide bonds. The van der Waals surface area contributed by atoms with Gasteiger partial charge in [0, 0.05) is 13.1 Å². The summed E-state index contributed by atoms with van der Waals surface area (Å²) in [5.74, 6) is 0.0175. The summed E-state index contributed by atoms with van der Waals surface area (Å²) in [4.78, 5) is 14.6. The van der Waals surface area contributed by atoms with Crippen molar-refractivity contribution in [1.29, 1.82) is 0 Å². The Morgan fingerprint density at radius 2 is 2.00 bits per heavy atom. The molecule has 20 heavy (non-hydrogen) atoms. The highest BCUT2D eigenvalue weighted by Gasteiger charge is 2.25. The van der Waals surface area contributed by atoms with E-state index in [0.717, 1.165) is 11.4 Å². The van der Waals surface area contributed by atoms with E-state index in [-0.39, 0.29) is 11.3 Å². The van der Waals surface area contributed by atoms with Crippen LogP contribution in [-0.2, 0) is 6.42 Å². The third-order valence-electron chi connectivity index (χ3n) is 3.40. The molecule has 0 saturated heterocycles. The van der Waals surface area contributed by atoms with Gasteiger partial charge in [-0.2, -0.15) is 10.2 Å². The highest BCUT2D eigenvalue weighted by molar-refractivity contribution is 5.95. The van der Waals surface area contributed by atoms with Crippen LogP contribution in [0.3, 0.4) is 0 Å². The lowest BCUT2D eigenvalue weighted by Gasteiger charge is -2.31. The van der Waals surface area contributed by atoms with Crippen LogP contribution < -0.4 is 5.73 Å².